The van der Waals surface area contributed by atoms with Crippen LogP contribution in [0.4, 0.5) is 4.39 Å². The number of hydrogen-bond donors (Lipinski definition) is 2. The molecule has 3 N–H and O–H groups in total. The van der Waals surface area contributed by atoms with Gasteiger partial charge in [-0.2, -0.15) is 0 Å². The van der Waals surface area contributed by atoms with Gasteiger partial charge in [0.2, 0.25) is 5.91 Å². The van der Waals surface area contributed by atoms with Gasteiger partial charge in [-0.3, -0.25) is 14.6 Å². The number of nitrogens with one attached hydrogen (secondary N) is 1. The van der Waals surface area contributed by atoms with Gasteiger partial charge >= 0.3 is 0 Å². The molecule has 3 unspecified atom stereocenters. The Bertz CT molecular complexity index is 1140. The summed E-state index contributed by atoms with van der Waals surface area (Å²) in [5.41, 5.74) is 7.34. The minimum atomic E-state index is -0.870. The Morgan fingerprint density at radius 1 is 1.17 bits per heavy atom. The van der Waals surface area contributed by atoms with Crippen LogP contribution in [0.3, 0.4) is 0 Å². The van der Waals surface area contributed by atoms with Crippen LogP contribution in [0.25, 0.3) is 0 Å². The van der Waals surface area contributed by atoms with Crippen LogP contribution in [0.1, 0.15) is 57.1 Å². The number of nitrogens with zero attached hydrogens (tertiary/aromatic N) is 1. The number of aromatic nitrogens is 1. The maximum absolute atomic E-state index is 13.6. The van der Waals surface area contributed by atoms with Crippen LogP contribution in [0.15, 0.2) is 42.7 Å². The average molecular weight is 512 g/mol. The minimum absolute atomic E-state index is 0.00563. The lowest BCUT2D eigenvalue weighted by atomic mass is 9.44. The van der Waals surface area contributed by atoms with Crippen molar-refractivity contribution < 1.29 is 14.0 Å². The first-order chi connectivity index (χ1) is 17.1. The molecule has 4 aliphatic rings. The first-order valence-corrected chi connectivity index (χ1v) is 13.4. The summed E-state index contributed by atoms with van der Waals surface area (Å²) >= 11 is 5.95. The van der Waals surface area contributed by atoms with Gasteiger partial charge in [-0.15, -0.1) is 0 Å². The molecule has 4 bridgehead atoms. The van der Waals surface area contributed by atoms with Crippen molar-refractivity contribution in [2.75, 3.05) is 6.54 Å². The average Bonchev–Trinajstić information content (AvgIpc) is 2.84. The number of hydrogen-bond acceptors (Lipinski definition) is 4. The van der Waals surface area contributed by atoms with Gasteiger partial charge in [0, 0.05) is 36.8 Å². The van der Waals surface area contributed by atoms with Gasteiger partial charge in [0.25, 0.3) is 0 Å². The lowest BCUT2D eigenvalue weighted by molar-refractivity contribution is -0.151. The fraction of sp³-hybridized carbons (Fsp3) is 0.552. The molecule has 6 rings (SSSR count). The Labute approximate surface area is 217 Å². The molecular weight excluding hydrogens is 477 g/mol. The van der Waals surface area contributed by atoms with E-state index in [1.807, 2.05) is 12.1 Å². The second-order valence-corrected chi connectivity index (χ2v) is 12.3. The van der Waals surface area contributed by atoms with E-state index in [1.54, 1.807) is 32.3 Å². The summed E-state index contributed by atoms with van der Waals surface area (Å²) in [6.45, 7) is 3.99. The van der Waals surface area contributed by atoms with Crippen molar-refractivity contribution in [3.63, 3.8) is 0 Å². The highest BCUT2D eigenvalue weighted by Crippen LogP contribution is 2.63. The molecular formula is C29H35ClFN3O2. The number of benzene rings is 1. The van der Waals surface area contributed by atoms with E-state index in [9.17, 15) is 14.0 Å². The number of ketones is 1. The fourth-order valence-electron chi connectivity index (χ4n) is 7.56. The molecule has 5 nitrogen and oxygen atoms in total. The van der Waals surface area contributed by atoms with Crippen LogP contribution in [-0.2, 0) is 21.4 Å². The fourth-order valence-corrected chi connectivity index (χ4v) is 7.74. The van der Waals surface area contributed by atoms with Crippen molar-refractivity contribution in [1.29, 1.82) is 0 Å². The molecule has 0 radical (unpaired) electrons. The number of carbonyl (C=O) groups is 2. The molecule has 4 aliphatic carbocycles. The highest BCUT2D eigenvalue weighted by Gasteiger charge is 2.58. The van der Waals surface area contributed by atoms with Crippen LogP contribution >= 0.6 is 11.6 Å². The van der Waals surface area contributed by atoms with E-state index in [1.165, 1.54) is 12.1 Å². The molecule has 3 atom stereocenters. The zero-order chi connectivity index (χ0) is 25.7. The predicted molar refractivity (Wildman–Crippen MR) is 138 cm³/mol. The van der Waals surface area contributed by atoms with Crippen molar-refractivity contribution in [3.8, 4) is 0 Å². The number of nitrogens with two attached hydrogens (primary N) is 1. The molecule has 7 heteroatoms. The zero-order valence-electron chi connectivity index (χ0n) is 21.0. The van der Waals surface area contributed by atoms with Crippen LogP contribution in [0.2, 0.25) is 5.02 Å². The zero-order valence-corrected chi connectivity index (χ0v) is 21.7. The van der Waals surface area contributed by atoms with Crippen molar-refractivity contribution in [2.24, 2.45) is 34.8 Å². The maximum Gasteiger partial charge on any atom is 0.230 e. The normalized spacial score (nSPS) is 29.7. The van der Waals surface area contributed by atoms with Crippen molar-refractivity contribution >= 4 is 23.3 Å². The molecule has 1 heterocycles. The molecule has 192 valence electrons. The maximum atomic E-state index is 13.6. The van der Waals surface area contributed by atoms with E-state index in [0.717, 1.165) is 37.7 Å². The largest absolute Gasteiger partial charge is 0.354 e. The highest BCUT2D eigenvalue weighted by atomic mass is 35.5. The number of halogens is 2. The monoisotopic (exact) mass is 511 g/mol. The Kier molecular flexibility index (Phi) is 6.71. The number of carbonyl (C=O) groups excluding carboxylic acids is 2. The lowest BCUT2D eigenvalue weighted by Gasteiger charge is -2.60. The van der Waals surface area contributed by atoms with E-state index < -0.39 is 11.2 Å². The van der Waals surface area contributed by atoms with Gasteiger partial charge in [-0.25, -0.2) is 4.39 Å². The van der Waals surface area contributed by atoms with Gasteiger partial charge in [0.05, 0.1) is 10.4 Å². The molecule has 2 aromatic rings. The van der Waals surface area contributed by atoms with Gasteiger partial charge in [0.1, 0.15) is 11.6 Å². The van der Waals surface area contributed by atoms with Crippen LogP contribution < -0.4 is 11.1 Å². The SMILES string of the molecule is CC(C)(C(=O)NCC(N)C1C2CC3CC1CC(C(=O)Cc1ccncc1)(C3)C2)c1ccc(F)c(Cl)c1. The molecule has 36 heavy (non-hydrogen) atoms. The van der Waals surface area contributed by atoms with Crippen molar-refractivity contribution in [1.82, 2.24) is 10.3 Å². The summed E-state index contributed by atoms with van der Waals surface area (Å²) in [5.74, 6) is 1.47. The number of amides is 1. The third kappa shape index (κ3) is 4.58. The van der Waals surface area contributed by atoms with E-state index in [-0.39, 0.29) is 22.4 Å². The summed E-state index contributed by atoms with van der Waals surface area (Å²) in [5, 5.41) is 3.06. The molecule has 4 saturated carbocycles. The highest BCUT2D eigenvalue weighted by molar-refractivity contribution is 6.30. The third-order valence-corrected chi connectivity index (χ3v) is 9.54. The molecule has 1 amide bonds. The second kappa shape index (κ2) is 9.53. The van der Waals surface area contributed by atoms with Crippen LogP contribution in [0, 0.1) is 34.9 Å². The summed E-state index contributed by atoms with van der Waals surface area (Å²) in [7, 11) is 0. The molecule has 0 spiro atoms. The molecule has 1 aromatic heterocycles. The summed E-state index contributed by atoms with van der Waals surface area (Å²) in [4.78, 5) is 30.7. The number of rotatable bonds is 8. The molecule has 0 saturated heterocycles. The molecule has 1 aromatic carbocycles. The van der Waals surface area contributed by atoms with Gasteiger partial charge < -0.3 is 11.1 Å². The Hall–Kier alpha value is -2.31. The van der Waals surface area contributed by atoms with E-state index in [2.05, 4.69) is 10.3 Å². The van der Waals surface area contributed by atoms with Crippen molar-refractivity contribution in [3.05, 3.63) is 64.7 Å². The van der Waals surface area contributed by atoms with Gasteiger partial charge in [0.15, 0.2) is 0 Å². The molecule has 4 fully saturated rings. The van der Waals surface area contributed by atoms with Crippen LogP contribution in [0.5, 0.6) is 0 Å². The van der Waals surface area contributed by atoms with E-state index in [4.69, 9.17) is 17.3 Å². The molecule has 0 aliphatic heterocycles. The standard InChI is InChI=1S/C29H35ClFN3O2/c1-28(2,21-3-4-23(31)22(30)12-21)27(36)34-16-24(32)26-19-9-18-10-20(26)15-29(13-18,14-19)25(35)11-17-5-7-33-8-6-17/h3-8,12,18-20,24,26H,9-11,13-16,32H2,1-2H3,(H,34,36). The Balaban J connectivity index is 1.23. The quantitative estimate of drug-likeness (QED) is 0.530. The van der Waals surface area contributed by atoms with Crippen molar-refractivity contribution in [2.45, 2.75) is 63.8 Å². The summed E-state index contributed by atoms with van der Waals surface area (Å²) < 4.78 is 13.6. The lowest BCUT2D eigenvalue weighted by Crippen LogP contribution is -2.60. The van der Waals surface area contributed by atoms with Gasteiger partial charge in [-0.1, -0.05) is 17.7 Å². The predicted octanol–water partition coefficient (Wildman–Crippen LogP) is 4.85. The number of Topliss-reactive ketones (excluding diaryl/α,β-unsaturated/α-hetero) is 1. The van der Waals surface area contributed by atoms with E-state index in [0.29, 0.717) is 48.0 Å². The van der Waals surface area contributed by atoms with Gasteiger partial charge in [-0.05, 0) is 105 Å². The topological polar surface area (TPSA) is 85.1 Å². The smallest absolute Gasteiger partial charge is 0.230 e. The summed E-state index contributed by atoms with van der Waals surface area (Å²) in [6, 6.07) is 8.10. The first kappa shape index (κ1) is 25.3. The number of pyridine rings is 1. The Morgan fingerprint density at radius 2 is 1.83 bits per heavy atom. The van der Waals surface area contributed by atoms with Crippen LogP contribution in [-0.4, -0.2) is 29.3 Å². The third-order valence-electron chi connectivity index (χ3n) is 9.25. The minimum Gasteiger partial charge on any atom is -0.354 e. The Morgan fingerprint density at radius 3 is 2.47 bits per heavy atom. The van der Waals surface area contributed by atoms with E-state index >= 15 is 0 Å². The summed E-state index contributed by atoms with van der Waals surface area (Å²) in [6.07, 6.45) is 9.07. The second-order valence-electron chi connectivity index (χ2n) is 11.9. The first-order valence-electron chi connectivity index (χ1n) is 13.0.